The number of fused-ring (bicyclic) bond motifs is 3. The summed E-state index contributed by atoms with van der Waals surface area (Å²) in [5.74, 6) is 0.0481. The summed E-state index contributed by atoms with van der Waals surface area (Å²) < 4.78 is 7.22. The summed E-state index contributed by atoms with van der Waals surface area (Å²) >= 11 is 0. The second-order valence-corrected chi connectivity index (χ2v) is 11.2. The molecule has 3 aromatic rings. The second-order valence-electron chi connectivity index (χ2n) is 11.2. The van der Waals surface area contributed by atoms with Gasteiger partial charge in [-0.2, -0.15) is 0 Å². The largest absolute Gasteiger partial charge is 0.497 e. The quantitative estimate of drug-likeness (QED) is 0.430. The van der Waals surface area contributed by atoms with Crippen LogP contribution in [0.25, 0.3) is 10.9 Å². The Balaban J connectivity index is 1.61. The van der Waals surface area contributed by atoms with Crippen LogP contribution >= 0.6 is 0 Å². The SMILES string of the molecule is COc1ccc(CN2C(=O)c3c(NC(C)=O)c4cc(C)ccc4n3CC2(C)C(=O)NC2CCCCCC2)cc1. The molecule has 0 saturated heterocycles. The Morgan fingerprint density at radius 1 is 1.05 bits per heavy atom. The number of aromatic nitrogens is 1. The molecule has 1 saturated carbocycles. The van der Waals surface area contributed by atoms with Gasteiger partial charge in [-0.25, -0.2) is 0 Å². The lowest BCUT2D eigenvalue weighted by atomic mass is 9.92. The molecular weight excluding hydrogens is 492 g/mol. The van der Waals surface area contributed by atoms with E-state index in [0.717, 1.165) is 53.5 Å². The van der Waals surface area contributed by atoms with Gasteiger partial charge in [-0.15, -0.1) is 0 Å². The first kappa shape index (κ1) is 26.8. The minimum Gasteiger partial charge on any atom is -0.497 e. The van der Waals surface area contributed by atoms with Gasteiger partial charge in [0, 0.05) is 24.9 Å². The minimum atomic E-state index is -1.14. The highest BCUT2D eigenvalue weighted by molar-refractivity contribution is 6.14. The maximum absolute atomic E-state index is 14.4. The molecule has 0 spiro atoms. The van der Waals surface area contributed by atoms with Gasteiger partial charge in [-0.1, -0.05) is 49.4 Å². The molecule has 0 bridgehead atoms. The smallest absolute Gasteiger partial charge is 0.273 e. The van der Waals surface area contributed by atoms with Crippen LogP contribution in [0.2, 0.25) is 0 Å². The zero-order valence-electron chi connectivity index (χ0n) is 23.3. The molecule has 2 heterocycles. The summed E-state index contributed by atoms with van der Waals surface area (Å²) in [6.45, 7) is 5.81. The highest BCUT2D eigenvalue weighted by Crippen LogP contribution is 2.40. The number of hydrogen-bond donors (Lipinski definition) is 2. The lowest BCUT2D eigenvalue weighted by Gasteiger charge is -2.45. The number of nitrogens with one attached hydrogen (secondary N) is 2. The van der Waals surface area contributed by atoms with Crippen molar-refractivity contribution in [2.75, 3.05) is 12.4 Å². The first-order chi connectivity index (χ1) is 18.7. The highest BCUT2D eigenvalue weighted by atomic mass is 16.5. The fraction of sp³-hybridized carbons (Fsp3) is 0.452. The standard InChI is InChI=1S/C31H38N4O4/c1-20-11-16-26-25(17-20)27(32-21(2)36)28-29(37)35(18-22-12-14-24(39-4)15-13-22)31(3,19-34(26)28)30(38)33-23-9-7-5-6-8-10-23/h11-17,23H,5-10,18-19H2,1-4H3,(H,32,36)(H,33,38). The van der Waals surface area contributed by atoms with E-state index < -0.39 is 5.54 Å². The predicted octanol–water partition coefficient (Wildman–Crippen LogP) is 5.17. The zero-order valence-corrected chi connectivity index (χ0v) is 23.3. The van der Waals surface area contributed by atoms with Crippen molar-refractivity contribution in [2.45, 2.75) is 84.0 Å². The molecule has 0 radical (unpaired) electrons. The Morgan fingerprint density at radius 2 is 1.74 bits per heavy atom. The lowest BCUT2D eigenvalue weighted by molar-refractivity contribution is -0.134. The Hall–Kier alpha value is -3.81. The van der Waals surface area contributed by atoms with Crippen LogP contribution in [0.1, 0.15) is 74.0 Å². The van der Waals surface area contributed by atoms with Crippen LogP contribution in [0, 0.1) is 6.92 Å². The molecule has 2 aromatic carbocycles. The van der Waals surface area contributed by atoms with Gasteiger partial charge in [0.15, 0.2) is 0 Å². The first-order valence-corrected chi connectivity index (χ1v) is 13.9. The summed E-state index contributed by atoms with van der Waals surface area (Å²) in [4.78, 5) is 42.4. The average Bonchev–Trinajstić information content (AvgIpc) is 3.04. The monoisotopic (exact) mass is 530 g/mol. The van der Waals surface area contributed by atoms with Gasteiger partial charge in [0.1, 0.15) is 17.0 Å². The van der Waals surface area contributed by atoms with Crippen molar-refractivity contribution in [3.8, 4) is 5.75 Å². The molecule has 39 heavy (non-hydrogen) atoms. The Bertz CT molecular complexity index is 1400. The Labute approximate surface area is 229 Å². The number of rotatable bonds is 6. The van der Waals surface area contributed by atoms with Crippen molar-refractivity contribution in [3.63, 3.8) is 0 Å². The molecular formula is C31H38N4O4. The molecule has 1 fully saturated rings. The van der Waals surface area contributed by atoms with Gasteiger partial charge in [0.25, 0.3) is 5.91 Å². The van der Waals surface area contributed by atoms with Crippen LogP contribution in [0.5, 0.6) is 5.75 Å². The van der Waals surface area contributed by atoms with Gasteiger partial charge in [0.05, 0.1) is 24.9 Å². The minimum absolute atomic E-state index is 0.107. The predicted molar refractivity (Wildman–Crippen MR) is 152 cm³/mol. The first-order valence-electron chi connectivity index (χ1n) is 13.9. The number of methoxy groups -OCH3 is 1. The van der Waals surface area contributed by atoms with Crippen LogP contribution in [-0.2, 0) is 22.7 Å². The number of nitrogens with zero attached hydrogens (tertiary/aromatic N) is 2. The molecule has 2 N–H and O–H groups in total. The molecule has 2 aliphatic rings. The van der Waals surface area contributed by atoms with Crippen LogP contribution in [0.4, 0.5) is 5.69 Å². The van der Waals surface area contributed by atoms with E-state index in [0.29, 0.717) is 11.4 Å². The molecule has 5 rings (SSSR count). The van der Waals surface area contributed by atoms with E-state index in [1.165, 1.54) is 19.8 Å². The summed E-state index contributed by atoms with van der Waals surface area (Å²) in [5.41, 5.74) is 2.50. The number of aryl methyl sites for hydroxylation is 1. The van der Waals surface area contributed by atoms with Gasteiger partial charge in [-0.05, 0) is 56.5 Å². The fourth-order valence-corrected chi connectivity index (χ4v) is 6.02. The van der Waals surface area contributed by atoms with Crippen molar-refractivity contribution in [1.29, 1.82) is 0 Å². The number of anilines is 1. The molecule has 8 nitrogen and oxygen atoms in total. The Morgan fingerprint density at radius 3 is 2.38 bits per heavy atom. The Kier molecular flexibility index (Phi) is 7.38. The third-order valence-corrected chi connectivity index (χ3v) is 8.21. The number of amides is 3. The topological polar surface area (TPSA) is 92.7 Å². The van der Waals surface area contributed by atoms with Crippen LogP contribution in [-0.4, -0.2) is 45.9 Å². The molecule has 1 aromatic heterocycles. The third-order valence-electron chi connectivity index (χ3n) is 8.21. The van der Waals surface area contributed by atoms with E-state index in [-0.39, 0.29) is 36.9 Å². The maximum Gasteiger partial charge on any atom is 0.273 e. The van der Waals surface area contributed by atoms with E-state index in [1.54, 1.807) is 12.0 Å². The lowest BCUT2D eigenvalue weighted by Crippen LogP contribution is -2.64. The number of carbonyl (C=O) groups is 3. The summed E-state index contributed by atoms with van der Waals surface area (Å²) in [7, 11) is 1.61. The van der Waals surface area contributed by atoms with Gasteiger partial charge >= 0.3 is 0 Å². The zero-order chi connectivity index (χ0) is 27.7. The third kappa shape index (κ3) is 5.12. The van der Waals surface area contributed by atoms with E-state index in [9.17, 15) is 14.4 Å². The molecule has 1 aliphatic heterocycles. The van der Waals surface area contributed by atoms with Crippen LogP contribution in [0.3, 0.4) is 0 Å². The van der Waals surface area contributed by atoms with Crippen molar-refractivity contribution < 1.29 is 19.1 Å². The normalized spacial score (nSPS) is 19.9. The molecule has 1 unspecified atom stereocenters. The number of benzene rings is 2. The molecule has 1 aliphatic carbocycles. The van der Waals surface area contributed by atoms with E-state index in [2.05, 4.69) is 10.6 Å². The highest BCUT2D eigenvalue weighted by Gasteiger charge is 2.49. The van der Waals surface area contributed by atoms with Crippen molar-refractivity contribution >= 4 is 34.3 Å². The fourth-order valence-electron chi connectivity index (χ4n) is 6.02. The summed E-state index contributed by atoms with van der Waals surface area (Å²) in [6, 6.07) is 13.6. The summed E-state index contributed by atoms with van der Waals surface area (Å²) in [5, 5.41) is 7.03. The summed E-state index contributed by atoms with van der Waals surface area (Å²) in [6.07, 6.45) is 6.49. The van der Waals surface area contributed by atoms with Gasteiger partial charge in [0.2, 0.25) is 11.8 Å². The van der Waals surface area contributed by atoms with Crippen molar-refractivity contribution in [2.24, 2.45) is 0 Å². The number of hydrogen-bond acceptors (Lipinski definition) is 4. The van der Waals surface area contributed by atoms with Gasteiger partial charge < -0.3 is 24.8 Å². The van der Waals surface area contributed by atoms with Gasteiger partial charge in [-0.3, -0.25) is 14.4 Å². The van der Waals surface area contributed by atoms with Crippen LogP contribution < -0.4 is 15.4 Å². The van der Waals surface area contributed by atoms with E-state index in [4.69, 9.17) is 4.74 Å². The number of carbonyl (C=O) groups excluding carboxylic acids is 3. The van der Waals surface area contributed by atoms with E-state index >= 15 is 0 Å². The number of ether oxygens (including phenoxy) is 1. The molecule has 3 amide bonds. The van der Waals surface area contributed by atoms with E-state index in [1.807, 2.05) is 60.9 Å². The van der Waals surface area contributed by atoms with Crippen LogP contribution in [0.15, 0.2) is 42.5 Å². The molecule has 8 heteroatoms. The molecule has 1 atom stereocenters. The van der Waals surface area contributed by atoms with Crippen molar-refractivity contribution in [3.05, 3.63) is 59.3 Å². The van der Waals surface area contributed by atoms with Crippen molar-refractivity contribution in [1.82, 2.24) is 14.8 Å². The average molecular weight is 531 g/mol. The molecule has 206 valence electrons. The second kappa shape index (κ2) is 10.8. The maximum atomic E-state index is 14.4.